The van der Waals surface area contributed by atoms with Gasteiger partial charge in [-0.3, -0.25) is 0 Å². The molecular formula is C16H18OS. The zero-order chi connectivity index (χ0) is 12.4. The van der Waals surface area contributed by atoms with E-state index in [1.165, 1.54) is 34.9 Å². The van der Waals surface area contributed by atoms with E-state index in [0.29, 0.717) is 5.25 Å². The van der Waals surface area contributed by atoms with Crippen molar-refractivity contribution in [2.24, 2.45) is 0 Å². The third kappa shape index (κ3) is 2.10. The van der Waals surface area contributed by atoms with E-state index in [9.17, 15) is 0 Å². The Morgan fingerprint density at radius 3 is 2.89 bits per heavy atom. The maximum absolute atomic E-state index is 5.84. The topological polar surface area (TPSA) is 9.23 Å². The van der Waals surface area contributed by atoms with Crippen LogP contribution in [0.1, 0.15) is 30.6 Å². The molecule has 2 aromatic rings. The lowest BCUT2D eigenvalue weighted by Gasteiger charge is -2.17. The molecule has 1 atom stereocenters. The maximum Gasteiger partial charge on any atom is 0.124 e. The number of benzene rings is 2. The molecule has 1 heterocycles. The Labute approximate surface area is 113 Å². The first-order chi connectivity index (χ1) is 8.90. The van der Waals surface area contributed by atoms with E-state index in [1.807, 2.05) is 0 Å². The van der Waals surface area contributed by atoms with Crippen LogP contribution in [0.2, 0.25) is 0 Å². The van der Waals surface area contributed by atoms with E-state index in [-0.39, 0.29) is 0 Å². The maximum atomic E-state index is 5.84. The van der Waals surface area contributed by atoms with Crippen LogP contribution in [-0.2, 0) is 0 Å². The first-order valence-electron chi connectivity index (χ1n) is 6.66. The lowest BCUT2D eigenvalue weighted by Crippen LogP contribution is -1.99. The van der Waals surface area contributed by atoms with Crippen molar-refractivity contribution < 1.29 is 4.74 Å². The van der Waals surface area contributed by atoms with E-state index in [2.05, 4.69) is 55.1 Å². The van der Waals surface area contributed by atoms with Crippen molar-refractivity contribution in [3.63, 3.8) is 0 Å². The molecule has 1 fully saturated rings. The number of ether oxygens (including phenoxy) is 1. The van der Waals surface area contributed by atoms with Crippen LogP contribution in [0.15, 0.2) is 36.4 Å². The standard InChI is InChI=1S/C16H18OS/c1-2-17-14-10-9-12-6-3-4-7-13(12)16(14)15-8-5-11-18-15/h3-4,6-7,9-10,15H,2,5,8,11H2,1H3. The lowest BCUT2D eigenvalue weighted by atomic mass is 9.99. The van der Waals surface area contributed by atoms with E-state index in [1.54, 1.807) is 0 Å². The highest BCUT2D eigenvalue weighted by atomic mass is 32.2. The Balaban J connectivity index is 2.17. The predicted octanol–water partition coefficient (Wildman–Crippen LogP) is 4.81. The van der Waals surface area contributed by atoms with Crippen molar-refractivity contribution >= 4 is 22.5 Å². The Kier molecular flexibility index (Phi) is 3.46. The molecule has 1 unspecified atom stereocenters. The lowest BCUT2D eigenvalue weighted by molar-refractivity contribution is 0.337. The number of hydrogen-bond acceptors (Lipinski definition) is 2. The van der Waals surface area contributed by atoms with Crippen LogP contribution < -0.4 is 4.74 Å². The molecule has 94 valence electrons. The van der Waals surface area contributed by atoms with Gasteiger partial charge in [-0.25, -0.2) is 0 Å². The molecule has 0 amide bonds. The highest BCUT2D eigenvalue weighted by Crippen LogP contribution is 2.46. The van der Waals surface area contributed by atoms with Gasteiger partial charge in [-0.2, -0.15) is 11.8 Å². The summed E-state index contributed by atoms with van der Waals surface area (Å²) in [6.45, 7) is 2.80. The Bertz CT molecular complexity index is 544. The van der Waals surface area contributed by atoms with Gasteiger partial charge < -0.3 is 4.74 Å². The summed E-state index contributed by atoms with van der Waals surface area (Å²) in [4.78, 5) is 0. The van der Waals surface area contributed by atoms with Crippen molar-refractivity contribution in [2.75, 3.05) is 12.4 Å². The van der Waals surface area contributed by atoms with Crippen LogP contribution in [0, 0.1) is 0 Å². The van der Waals surface area contributed by atoms with Gasteiger partial charge in [0.05, 0.1) is 6.61 Å². The van der Waals surface area contributed by atoms with Crippen LogP contribution >= 0.6 is 11.8 Å². The zero-order valence-electron chi connectivity index (χ0n) is 10.7. The molecule has 18 heavy (non-hydrogen) atoms. The van der Waals surface area contributed by atoms with Crippen molar-refractivity contribution in [2.45, 2.75) is 25.0 Å². The summed E-state index contributed by atoms with van der Waals surface area (Å²) in [5.74, 6) is 2.36. The van der Waals surface area contributed by atoms with Crippen LogP contribution in [0.3, 0.4) is 0 Å². The number of rotatable bonds is 3. The first kappa shape index (κ1) is 11.9. The average molecular weight is 258 g/mol. The smallest absolute Gasteiger partial charge is 0.124 e. The Morgan fingerprint density at radius 2 is 2.11 bits per heavy atom. The number of thioether (sulfide) groups is 1. The molecule has 1 aliphatic rings. The average Bonchev–Trinajstić information content (AvgIpc) is 2.92. The van der Waals surface area contributed by atoms with E-state index in [0.717, 1.165) is 12.4 Å². The largest absolute Gasteiger partial charge is 0.494 e. The van der Waals surface area contributed by atoms with Gasteiger partial charge in [0.1, 0.15) is 5.75 Å². The van der Waals surface area contributed by atoms with Crippen molar-refractivity contribution in [3.05, 3.63) is 42.0 Å². The summed E-state index contributed by atoms with van der Waals surface area (Å²) in [5, 5.41) is 3.30. The highest BCUT2D eigenvalue weighted by Gasteiger charge is 2.23. The second-order valence-electron chi connectivity index (χ2n) is 4.63. The van der Waals surface area contributed by atoms with Gasteiger partial charge in [-0.05, 0) is 42.4 Å². The Morgan fingerprint density at radius 1 is 1.22 bits per heavy atom. The molecule has 0 aliphatic carbocycles. The molecule has 2 heteroatoms. The van der Waals surface area contributed by atoms with Gasteiger partial charge in [0.15, 0.2) is 0 Å². The molecule has 0 bridgehead atoms. The van der Waals surface area contributed by atoms with Crippen molar-refractivity contribution in [3.8, 4) is 5.75 Å². The van der Waals surface area contributed by atoms with Gasteiger partial charge >= 0.3 is 0 Å². The van der Waals surface area contributed by atoms with Gasteiger partial charge in [0.2, 0.25) is 0 Å². The minimum Gasteiger partial charge on any atom is -0.494 e. The molecule has 0 aromatic heterocycles. The predicted molar refractivity (Wildman–Crippen MR) is 79.6 cm³/mol. The highest BCUT2D eigenvalue weighted by molar-refractivity contribution is 7.99. The summed E-state index contributed by atoms with van der Waals surface area (Å²) in [7, 11) is 0. The summed E-state index contributed by atoms with van der Waals surface area (Å²) in [5.41, 5.74) is 1.41. The van der Waals surface area contributed by atoms with E-state index in [4.69, 9.17) is 4.74 Å². The molecule has 0 spiro atoms. The molecule has 1 aliphatic heterocycles. The molecule has 1 nitrogen and oxygen atoms in total. The van der Waals surface area contributed by atoms with E-state index >= 15 is 0 Å². The van der Waals surface area contributed by atoms with Gasteiger partial charge in [-0.1, -0.05) is 30.3 Å². The fourth-order valence-electron chi connectivity index (χ4n) is 2.69. The summed E-state index contributed by atoms with van der Waals surface area (Å²) < 4.78 is 5.84. The van der Waals surface area contributed by atoms with Crippen LogP contribution in [-0.4, -0.2) is 12.4 Å². The molecule has 0 N–H and O–H groups in total. The fraction of sp³-hybridized carbons (Fsp3) is 0.375. The molecule has 0 radical (unpaired) electrons. The SMILES string of the molecule is CCOc1ccc2ccccc2c1C1CCCS1. The van der Waals surface area contributed by atoms with Gasteiger partial charge in [0, 0.05) is 10.8 Å². The number of hydrogen-bond donors (Lipinski definition) is 0. The van der Waals surface area contributed by atoms with Gasteiger partial charge in [-0.15, -0.1) is 0 Å². The van der Waals surface area contributed by atoms with E-state index < -0.39 is 0 Å². The van der Waals surface area contributed by atoms with Crippen molar-refractivity contribution in [1.29, 1.82) is 0 Å². The minimum atomic E-state index is 0.609. The third-order valence-electron chi connectivity index (χ3n) is 3.48. The monoisotopic (exact) mass is 258 g/mol. The molecule has 0 saturated carbocycles. The molecule has 2 aromatic carbocycles. The summed E-state index contributed by atoms with van der Waals surface area (Å²) >= 11 is 2.07. The zero-order valence-corrected chi connectivity index (χ0v) is 11.5. The summed E-state index contributed by atoms with van der Waals surface area (Å²) in [6, 6.07) is 13.0. The summed E-state index contributed by atoms with van der Waals surface area (Å²) in [6.07, 6.45) is 2.60. The normalized spacial score (nSPS) is 19.3. The minimum absolute atomic E-state index is 0.609. The third-order valence-corrected chi connectivity index (χ3v) is 4.88. The van der Waals surface area contributed by atoms with Crippen molar-refractivity contribution in [1.82, 2.24) is 0 Å². The second-order valence-corrected chi connectivity index (χ2v) is 5.94. The second kappa shape index (κ2) is 5.23. The Hall–Kier alpha value is -1.15. The van der Waals surface area contributed by atoms with Crippen LogP contribution in [0.5, 0.6) is 5.75 Å². The quantitative estimate of drug-likeness (QED) is 0.781. The molecule has 1 saturated heterocycles. The molecule has 3 rings (SSSR count). The van der Waals surface area contributed by atoms with Gasteiger partial charge in [0.25, 0.3) is 0 Å². The number of fused-ring (bicyclic) bond motifs is 1. The molecular weight excluding hydrogens is 240 g/mol. The first-order valence-corrected chi connectivity index (χ1v) is 7.71. The van der Waals surface area contributed by atoms with Crippen LogP contribution in [0.4, 0.5) is 0 Å². The van der Waals surface area contributed by atoms with Crippen LogP contribution in [0.25, 0.3) is 10.8 Å². The fourth-order valence-corrected chi connectivity index (χ4v) is 4.06.